The molecule has 2 aromatic carbocycles. The Hall–Kier alpha value is -1.76. The molecule has 1 amide bonds. The normalized spacial score (nSPS) is 11.5. The van der Waals surface area contributed by atoms with Crippen molar-refractivity contribution in [2.45, 2.75) is 20.4 Å². The van der Waals surface area contributed by atoms with Crippen LogP contribution in [0.2, 0.25) is 10.0 Å². The van der Waals surface area contributed by atoms with Gasteiger partial charge in [0, 0.05) is 12.1 Å². The van der Waals surface area contributed by atoms with Crippen LogP contribution in [0.4, 0.5) is 5.69 Å². The molecule has 27 heavy (non-hydrogen) atoms. The van der Waals surface area contributed by atoms with E-state index in [1.807, 2.05) is 13.8 Å². The van der Waals surface area contributed by atoms with Crippen molar-refractivity contribution in [2.24, 2.45) is 5.92 Å². The van der Waals surface area contributed by atoms with Gasteiger partial charge in [-0.2, -0.15) is 0 Å². The highest BCUT2D eigenvalue weighted by Crippen LogP contribution is 2.34. The molecule has 0 aliphatic carbocycles. The van der Waals surface area contributed by atoms with Crippen LogP contribution in [0.3, 0.4) is 0 Å². The molecule has 0 aliphatic rings. The van der Waals surface area contributed by atoms with E-state index in [0.717, 1.165) is 11.8 Å². The van der Waals surface area contributed by atoms with Gasteiger partial charge < -0.3 is 5.32 Å². The Bertz CT molecular complexity index is 913. The minimum atomic E-state index is -3.59. The summed E-state index contributed by atoms with van der Waals surface area (Å²) in [5.74, 6) is 0.201. The number of hydrogen-bond donors (Lipinski definition) is 1. The molecule has 2 rings (SSSR count). The highest BCUT2D eigenvalue weighted by atomic mass is 35.5. The fourth-order valence-electron chi connectivity index (χ4n) is 2.39. The molecule has 5 nitrogen and oxygen atoms in total. The molecule has 8 heteroatoms. The first-order valence-corrected chi connectivity index (χ1v) is 11.0. The number of benzene rings is 2. The van der Waals surface area contributed by atoms with Crippen LogP contribution in [-0.4, -0.2) is 27.1 Å². The molecule has 0 bridgehead atoms. The van der Waals surface area contributed by atoms with E-state index in [1.165, 1.54) is 4.31 Å². The second-order valence-corrected chi connectivity index (χ2v) is 9.34. The predicted octanol–water partition coefficient (Wildman–Crippen LogP) is 4.35. The summed E-state index contributed by atoms with van der Waals surface area (Å²) in [4.78, 5) is 12.1. The van der Waals surface area contributed by atoms with Crippen LogP contribution in [0.25, 0.3) is 0 Å². The first-order chi connectivity index (χ1) is 12.6. The molecule has 0 spiro atoms. The van der Waals surface area contributed by atoms with Crippen molar-refractivity contribution in [1.82, 2.24) is 5.32 Å². The average Bonchev–Trinajstić information content (AvgIpc) is 2.60. The van der Waals surface area contributed by atoms with Gasteiger partial charge in [0.15, 0.2) is 0 Å². The summed E-state index contributed by atoms with van der Waals surface area (Å²) in [6, 6.07) is 11.6. The molecule has 0 aromatic heterocycles. The lowest BCUT2D eigenvalue weighted by atomic mass is 10.1. The van der Waals surface area contributed by atoms with Crippen LogP contribution in [0, 0.1) is 5.92 Å². The zero-order valence-electron chi connectivity index (χ0n) is 15.4. The van der Waals surface area contributed by atoms with E-state index in [-0.39, 0.29) is 22.5 Å². The molecule has 0 fully saturated rings. The minimum absolute atomic E-state index is 0.0762. The van der Waals surface area contributed by atoms with E-state index < -0.39 is 10.0 Å². The zero-order valence-corrected chi connectivity index (χ0v) is 17.7. The van der Waals surface area contributed by atoms with Crippen LogP contribution in [0.15, 0.2) is 42.5 Å². The monoisotopic (exact) mass is 428 g/mol. The molecule has 0 atom stereocenters. The number of anilines is 1. The standard InChI is InChI=1S/C19H22Cl2N2O3S/c1-13(2)11-22-19(24)15-9-7-14(8-10-15)12-23(27(3,25)26)17-6-4-5-16(20)18(17)21/h4-10,13H,11-12H2,1-3H3,(H,22,24). The number of carbonyl (C=O) groups excluding carboxylic acids is 1. The second kappa shape index (κ2) is 8.95. The first-order valence-electron chi connectivity index (χ1n) is 8.38. The molecular formula is C19H22Cl2N2O3S. The van der Waals surface area contributed by atoms with Crippen molar-refractivity contribution >= 4 is 44.8 Å². The molecule has 1 N–H and O–H groups in total. The van der Waals surface area contributed by atoms with E-state index in [4.69, 9.17) is 23.2 Å². The van der Waals surface area contributed by atoms with Crippen LogP contribution in [-0.2, 0) is 16.6 Å². The van der Waals surface area contributed by atoms with Gasteiger partial charge in [-0.05, 0) is 35.7 Å². The van der Waals surface area contributed by atoms with Crippen molar-refractivity contribution < 1.29 is 13.2 Å². The number of halogens is 2. The van der Waals surface area contributed by atoms with Crippen molar-refractivity contribution in [2.75, 3.05) is 17.1 Å². The van der Waals surface area contributed by atoms with Crippen molar-refractivity contribution in [3.63, 3.8) is 0 Å². The lowest BCUT2D eigenvalue weighted by molar-refractivity contribution is 0.0949. The zero-order chi connectivity index (χ0) is 20.2. The van der Waals surface area contributed by atoms with E-state index in [1.54, 1.807) is 42.5 Å². The maximum Gasteiger partial charge on any atom is 0.251 e. The van der Waals surface area contributed by atoms with Crippen LogP contribution in [0.1, 0.15) is 29.8 Å². The lowest BCUT2D eigenvalue weighted by Gasteiger charge is -2.24. The van der Waals surface area contributed by atoms with E-state index in [2.05, 4.69) is 5.32 Å². The number of rotatable bonds is 7. The van der Waals surface area contributed by atoms with E-state index >= 15 is 0 Å². The van der Waals surface area contributed by atoms with Crippen molar-refractivity contribution in [1.29, 1.82) is 0 Å². The van der Waals surface area contributed by atoms with Crippen LogP contribution >= 0.6 is 23.2 Å². The summed E-state index contributed by atoms with van der Waals surface area (Å²) in [6.07, 6.45) is 1.11. The van der Waals surface area contributed by atoms with Gasteiger partial charge >= 0.3 is 0 Å². The summed E-state index contributed by atoms with van der Waals surface area (Å²) in [6.45, 7) is 4.71. The summed E-state index contributed by atoms with van der Waals surface area (Å²) in [7, 11) is -3.59. The number of amides is 1. The Morgan fingerprint density at radius 3 is 2.30 bits per heavy atom. The molecular weight excluding hydrogens is 407 g/mol. The summed E-state index contributed by atoms with van der Waals surface area (Å²) in [5.41, 5.74) is 1.55. The second-order valence-electron chi connectivity index (χ2n) is 6.64. The lowest BCUT2D eigenvalue weighted by Crippen LogP contribution is -2.30. The quantitative estimate of drug-likeness (QED) is 0.712. The maximum absolute atomic E-state index is 12.3. The van der Waals surface area contributed by atoms with Gasteiger partial charge in [0.05, 0.1) is 28.5 Å². The minimum Gasteiger partial charge on any atom is -0.352 e. The third kappa shape index (κ3) is 5.86. The maximum atomic E-state index is 12.3. The highest BCUT2D eigenvalue weighted by Gasteiger charge is 2.21. The summed E-state index contributed by atoms with van der Waals surface area (Å²) in [5, 5.41) is 3.30. The van der Waals surface area contributed by atoms with Gasteiger partial charge in [0.25, 0.3) is 5.91 Å². The first kappa shape index (κ1) is 21.5. The molecule has 0 heterocycles. The predicted molar refractivity (Wildman–Crippen MR) is 111 cm³/mol. The highest BCUT2D eigenvalue weighted by molar-refractivity contribution is 7.92. The topological polar surface area (TPSA) is 66.5 Å². The van der Waals surface area contributed by atoms with E-state index in [9.17, 15) is 13.2 Å². The summed E-state index contributed by atoms with van der Waals surface area (Å²) >= 11 is 12.2. The largest absolute Gasteiger partial charge is 0.352 e. The van der Waals surface area contributed by atoms with Crippen molar-refractivity contribution in [3.05, 3.63) is 63.6 Å². The number of sulfonamides is 1. The molecule has 0 aliphatic heterocycles. The summed E-state index contributed by atoms with van der Waals surface area (Å²) < 4.78 is 25.8. The molecule has 2 aromatic rings. The fraction of sp³-hybridized carbons (Fsp3) is 0.316. The van der Waals surface area contributed by atoms with Crippen molar-refractivity contribution in [3.8, 4) is 0 Å². The van der Waals surface area contributed by atoms with Gasteiger partial charge in [-0.1, -0.05) is 55.2 Å². The molecule has 0 saturated carbocycles. The smallest absolute Gasteiger partial charge is 0.251 e. The van der Waals surface area contributed by atoms with Gasteiger partial charge in [-0.3, -0.25) is 9.10 Å². The van der Waals surface area contributed by atoms with Gasteiger partial charge in [0.1, 0.15) is 0 Å². The molecule has 0 radical (unpaired) electrons. The molecule has 0 saturated heterocycles. The van der Waals surface area contributed by atoms with Gasteiger partial charge in [-0.15, -0.1) is 0 Å². The Morgan fingerprint density at radius 1 is 1.11 bits per heavy atom. The van der Waals surface area contributed by atoms with E-state index in [0.29, 0.717) is 23.7 Å². The fourth-order valence-corrected chi connectivity index (χ4v) is 3.73. The van der Waals surface area contributed by atoms with Crippen LogP contribution in [0.5, 0.6) is 0 Å². The Morgan fingerprint density at radius 2 is 1.74 bits per heavy atom. The molecule has 0 unspecified atom stereocenters. The van der Waals surface area contributed by atoms with Crippen LogP contribution < -0.4 is 9.62 Å². The number of carbonyl (C=O) groups is 1. The third-order valence-corrected chi connectivity index (χ3v) is 5.75. The number of hydrogen-bond acceptors (Lipinski definition) is 3. The average molecular weight is 429 g/mol. The third-order valence-electron chi connectivity index (χ3n) is 3.81. The SMILES string of the molecule is CC(C)CNC(=O)c1ccc(CN(c2cccc(Cl)c2Cl)S(C)(=O)=O)cc1. The Balaban J connectivity index is 2.24. The van der Waals surface area contributed by atoms with Gasteiger partial charge in [-0.25, -0.2) is 8.42 Å². The Kier molecular flexibility index (Phi) is 7.14. The van der Waals surface area contributed by atoms with Gasteiger partial charge in [0.2, 0.25) is 10.0 Å². The number of nitrogens with one attached hydrogen (secondary N) is 1. The Labute approximate surface area is 170 Å². The number of nitrogens with zero attached hydrogens (tertiary/aromatic N) is 1. The molecule has 146 valence electrons.